The Hall–Kier alpha value is -3.84. The summed E-state index contributed by atoms with van der Waals surface area (Å²) < 4.78 is 18.8. The van der Waals surface area contributed by atoms with Gasteiger partial charge in [-0.3, -0.25) is 0 Å². The van der Waals surface area contributed by atoms with E-state index in [1.165, 1.54) is 0 Å². The predicted molar refractivity (Wildman–Crippen MR) is 130 cm³/mol. The number of aromatic nitrogens is 3. The zero-order chi connectivity index (χ0) is 24.8. The summed E-state index contributed by atoms with van der Waals surface area (Å²) in [5.74, 6) is 1.41. The summed E-state index contributed by atoms with van der Waals surface area (Å²) in [5, 5.41) is 17.8. The van der Waals surface area contributed by atoms with Crippen LogP contribution in [-0.2, 0) is 9.47 Å². The summed E-state index contributed by atoms with van der Waals surface area (Å²) >= 11 is 0. The lowest BCUT2D eigenvalue weighted by Gasteiger charge is -2.18. The number of hydrogen-bond acceptors (Lipinski definition) is 8. The van der Waals surface area contributed by atoms with E-state index in [0.717, 1.165) is 16.9 Å². The first-order chi connectivity index (χ1) is 17.0. The van der Waals surface area contributed by atoms with Crippen LogP contribution in [0.1, 0.15) is 26.3 Å². The summed E-state index contributed by atoms with van der Waals surface area (Å²) in [6.07, 6.45) is 4.97. The quantitative estimate of drug-likeness (QED) is 0.187. The van der Waals surface area contributed by atoms with E-state index in [1.54, 1.807) is 23.1 Å². The molecule has 1 aliphatic heterocycles. The summed E-state index contributed by atoms with van der Waals surface area (Å²) in [6, 6.07) is 7.66. The van der Waals surface area contributed by atoms with E-state index in [1.807, 2.05) is 43.9 Å². The van der Waals surface area contributed by atoms with Gasteiger partial charge in [0.25, 0.3) is 0 Å². The van der Waals surface area contributed by atoms with Crippen molar-refractivity contribution >= 4 is 11.3 Å². The summed E-state index contributed by atoms with van der Waals surface area (Å²) in [4.78, 5) is 9.70. The molecule has 2 atom stereocenters. The Bertz CT molecular complexity index is 1240. The maximum atomic E-state index is 9.54. The number of hydrogen-bond donors (Lipinski definition) is 0. The molecule has 1 saturated heterocycles. The third kappa shape index (κ3) is 5.46. The smallest absolute Gasteiger partial charge is 0.138 e. The fraction of sp³-hybridized carbons (Fsp3) is 0.458. The molecule has 0 radical (unpaired) electrons. The number of pyridine rings is 2. The SMILES string of the molecule is CCOc1cc(-c2ccc(N3C[C@@H](N=[N+]=[N-])[C@H](OCCOC(C)C)C3)nc2)c2c(C#N)cnn2c1. The van der Waals surface area contributed by atoms with Gasteiger partial charge < -0.3 is 19.1 Å². The van der Waals surface area contributed by atoms with E-state index in [9.17, 15) is 5.26 Å². The van der Waals surface area contributed by atoms with Gasteiger partial charge in [0.15, 0.2) is 0 Å². The van der Waals surface area contributed by atoms with Gasteiger partial charge in [-0.05, 0) is 44.5 Å². The summed E-state index contributed by atoms with van der Waals surface area (Å²) in [7, 11) is 0. The zero-order valence-corrected chi connectivity index (χ0v) is 20.0. The highest BCUT2D eigenvalue weighted by atomic mass is 16.5. The number of nitrogens with zero attached hydrogens (tertiary/aromatic N) is 8. The molecule has 0 aliphatic carbocycles. The van der Waals surface area contributed by atoms with E-state index < -0.39 is 0 Å². The largest absolute Gasteiger partial charge is 0.492 e. The summed E-state index contributed by atoms with van der Waals surface area (Å²) in [6.45, 7) is 8.36. The number of rotatable bonds is 10. The molecule has 0 spiro atoms. The molecule has 0 unspecified atom stereocenters. The van der Waals surface area contributed by atoms with Crippen LogP contribution >= 0.6 is 0 Å². The highest BCUT2D eigenvalue weighted by Crippen LogP contribution is 2.32. The van der Waals surface area contributed by atoms with Gasteiger partial charge in [-0.15, -0.1) is 0 Å². The Kier molecular flexibility index (Phi) is 7.67. The Balaban J connectivity index is 1.55. The van der Waals surface area contributed by atoms with Crippen molar-refractivity contribution in [3.63, 3.8) is 0 Å². The third-order valence-corrected chi connectivity index (χ3v) is 5.70. The molecule has 3 aromatic rings. The molecule has 11 nitrogen and oxygen atoms in total. The fourth-order valence-electron chi connectivity index (χ4n) is 4.15. The van der Waals surface area contributed by atoms with Crippen LogP contribution in [0.15, 0.2) is 41.9 Å². The van der Waals surface area contributed by atoms with Crippen molar-refractivity contribution in [1.29, 1.82) is 5.26 Å². The second kappa shape index (κ2) is 11.1. The molecule has 0 saturated carbocycles. The first-order valence-corrected chi connectivity index (χ1v) is 11.6. The summed E-state index contributed by atoms with van der Waals surface area (Å²) in [5.41, 5.74) is 11.8. The molecule has 1 fully saturated rings. The van der Waals surface area contributed by atoms with Crippen LogP contribution in [0.2, 0.25) is 0 Å². The van der Waals surface area contributed by atoms with Crippen molar-refractivity contribution in [3.8, 4) is 22.9 Å². The molecule has 4 heterocycles. The van der Waals surface area contributed by atoms with Crippen molar-refractivity contribution in [2.24, 2.45) is 5.11 Å². The van der Waals surface area contributed by atoms with E-state index in [-0.39, 0.29) is 18.2 Å². The lowest BCUT2D eigenvalue weighted by molar-refractivity contribution is -0.00962. The number of nitriles is 1. The molecule has 35 heavy (non-hydrogen) atoms. The minimum atomic E-state index is -0.312. The molecular weight excluding hydrogens is 448 g/mol. The van der Waals surface area contributed by atoms with Gasteiger partial charge in [0.2, 0.25) is 0 Å². The van der Waals surface area contributed by atoms with Crippen molar-refractivity contribution in [1.82, 2.24) is 14.6 Å². The normalized spacial score (nSPS) is 17.5. The molecule has 11 heteroatoms. The lowest BCUT2D eigenvalue weighted by atomic mass is 10.1. The lowest BCUT2D eigenvalue weighted by Crippen LogP contribution is -2.27. The number of anilines is 1. The monoisotopic (exact) mass is 476 g/mol. The molecular formula is C24H28N8O3. The van der Waals surface area contributed by atoms with Gasteiger partial charge in [0, 0.05) is 35.3 Å². The second-order valence-electron chi connectivity index (χ2n) is 8.40. The average Bonchev–Trinajstić information content (AvgIpc) is 3.46. The van der Waals surface area contributed by atoms with Crippen molar-refractivity contribution < 1.29 is 14.2 Å². The van der Waals surface area contributed by atoms with E-state index >= 15 is 0 Å². The Morgan fingerprint density at radius 1 is 1.29 bits per heavy atom. The second-order valence-corrected chi connectivity index (χ2v) is 8.40. The predicted octanol–water partition coefficient (Wildman–Crippen LogP) is 3.98. The molecule has 0 bridgehead atoms. The van der Waals surface area contributed by atoms with Gasteiger partial charge in [-0.1, -0.05) is 5.11 Å². The van der Waals surface area contributed by atoms with Crippen LogP contribution in [0.25, 0.3) is 27.1 Å². The molecule has 4 rings (SSSR count). The minimum Gasteiger partial charge on any atom is -0.492 e. The maximum Gasteiger partial charge on any atom is 0.138 e. The van der Waals surface area contributed by atoms with Crippen molar-refractivity contribution in [2.45, 2.75) is 39.0 Å². The van der Waals surface area contributed by atoms with E-state index in [2.05, 4.69) is 26.2 Å². The molecule has 182 valence electrons. The first kappa shape index (κ1) is 24.3. The van der Waals surface area contributed by atoms with Crippen LogP contribution in [0, 0.1) is 11.3 Å². The van der Waals surface area contributed by atoms with E-state index in [4.69, 9.17) is 19.7 Å². The van der Waals surface area contributed by atoms with Gasteiger partial charge in [0.05, 0.1) is 61.5 Å². The minimum absolute atomic E-state index is 0.136. The topological polar surface area (TPSA) is 134 Å². The number of azide groups is 1. The fourth-order valence-corrected chi connectivity index (χ4v) is 4.15. The van der Waals surface area contributed by atoms with Crippen molar-refractivity contribution in [3.05, 3.63) is 52.8 Å². The van der Waals surface area contributed by atoms with Crippen LogP contribution in [0.5, 0.6) is 5.75 Å². The van der Waals surface area contributed by atoms with E-state index in [0.29, 0.717) is 49.7 Å². The van der Waals surface area contributed by atoms with Gasteiger partial charge in [0.1, 0.15) is 17.6 Å². The standard InChI is InChI=1S/C24H28N8O3/c1-4-33-19-9-20(24-18(10-25)12-28-32(24)13-19)17-5-6-23(27-11-17)31-14-21(29-30-26)22(15-31)35-8-7-34-16(2)3/h5-6,9,11-13,16,21-22H,4,7-8,14-15H2,1-3H3/t21-,22-/m1/s1. The van der Waals surface area contributed by atoms with Crippen LogP contribution in [0.4, 0.5) is 5.82 Å². The number of fused-ring (bicyclic) bond motifs is 1. The number of ether oxygens (including phenoxy) is 3. The Labute approximate surface area is 203 Å². The molecule has 0 aromatic carbocycles. The van der Waals surface area contributed by atoms with Gasteiger partial charge >= 0.3 is 0 Å². The Morgan fingerprint density at radius 2 is 2.14 bits per heavy atom. The highest BCUT2D eigenvalue weighted by molar-refractivity contribution is 5.85. The van der Waals surface area contributed by atoms with Crippen LogP contribution < -0.4 is 9.64 Å². The average molecular weight is 477 g/mol. The third-order valence-electron chi connectivity index (χ3n) is 5.70. The molecule has 0 N–H and O–H groups in total. The zero-order valence-electron chi connectivity index (χ0n) is 20.0. The van der Waals surface area contributed by atoms with Gasteiger partial charge in [-0.2, -0.15) is 10.4 Å². The maximum absolute atomic E-state index is 9.54. The highest BCUT2D eigenvalue weighted by Gasteiger charge is 2.33. The molecule has 3 aromatic heterocycles. The first-order valence-electron chi connectivity index (χ1n) is 11.6. The molecule has 0 amide bonds. The molecule has 1 aliphatic rings. The van der Waals surface area contributed by atoms with Gasteiger partial charge in [-0.25, -0.2) is 9.50 Å². The van der Waals surface area contributed by atoms with Crippen LogP contribution in [-0.4, -0.2) is 65.8 Å². The Morgan fingerprint density at radius 3 is 2.83 bits per heavy atom. The van der Waals surface area contributed by atoms with Crippen LogP contribution in [0.3, 0.4) is 0 Å². The van der Waals surface area contributed by atoms with Crippen molar-refractivity contribution in [2.75, 3.05) is 37.8 Å².